The molecule has 1 fully saturated rings. The van der Waals surface area contributed by atoms with E-state index in [2.05, 4.69) is 5.32 Å². The predicted octanol–water partition coefficient (Wildman–Crippen LogP) is 6.37. The van der Waals surface area contributed by atoms with Crippen LogP contribution in [0, 0.1) is 5.82 Å². The van der Waals surface area contributed by atoms with E-state index >= 15 is 0 Å². The third kappa shape index (κ3) is 7.08. The maximum absolute atomic E-state index is 13.7. The van der Waals surface area contributed by atoms with Crippen LogP contribution in [0.1, 0.15) is 42.4 Å². The topological polar surface area (TPSA) is 49.4 Å². The number of carbonyl (C=O) groups excluding carboxylic acids is 2. The Balaban J connectivity index is 1.66. The molecule has 1 saturated carbocycles. The molecule has 0 spiro atoms. The van der Waals surface area contributed by atoms with Gasteiger partial charge in [0, 0.05) is 19.0 Å². The Morgan fingerprint density at radius 3 is 2.22 bits per heavy atom. The lowest BCUT2D eigenvalue weighted by molar-refractivity contribution is -0.141. The molecule has 7 heteroatoms. The molecule has 1 aliphatic rings. The van der Waals surface area contributed by atoms with Gasteiger partial charge in [-0.25, -0.2) is 4.39 Å². The maximum Gasteiger partial charge on any atom is 0.243 e. The van der Waals surface area contributed by atoms with Gasteiger partial charge in [0.15, 0.2) is 0 Å². The number of nitrogens with one attached hydrogen (secondary N) is 1. The van der Waals surface area contributed by atoms with Crippen molar-refractivity contribution >= 4 is 35.0 Å². The lowest BCUT2D eigenvalue weighted by atomic mass is 10.0. The Bertz CT molecular complexity index is 1180. The molecule has 0 saturated heterocycles. The average Bonchev–Trinajstić information content (AvgIpc) is 3.38. The molecule has 1 aliphatic carbocycles. The first kappa shape index (κ1) is 26.2. The first-order valence-corrected chi connectivity index (χ1v) is 13.0. The zero-order valence-electron chi connectivity index (χ0n) is 19.9. The number of hydrogen-bond donors (Lipinski definition) is 1. The van der Waals surface area contributed by atoms with Crippen molar-refractivity contribution in [1.29, 1.82) is 0 Å². The zero-order chi connectivity index (χ0) is 25.5. The lowest BCUT2D eigenvalue weighted by Crippen LogP contribution is -2.52. The second kappa shape index (κ2) is 12.4. The van der Waals surface area contributed by atoms with E-state index < -0.39 is 6.04 Å². The van der Waals surface area contributed by atoms with E-state index in [1.807, 2.05) is 30.3 Å². The van der Waals surface area contributed by atoms with Crippen molar-refractivity contribution in [3.63, 3.8) is 0 Å². The third-order valence-electron chi connectivity index (χ3n) is 6.58. The summed E-state index contributed by atoms with van der Waals surface area (Å²) in [6.07, 6.45) is 4.48. The standard InChI is InChI=1S/C29H29Cl2FN2O2/c30-25-15-12-22(16-26(25)31)19-34(28(35)18-21-10-13-23(32)14-11-21)27(17-20-6-2-1-3-7-20)29(36)33-24-8-4-5-9-24/h1-3,6-7,10-16,24,27H,4-5,8-9,17-19H2,(H,33,36)/t27-/m0/s1. The summed E-state index contributed by atoms with van der Waals surface area (Å²) in [5, 5.41) is 3.99. The Morgan fingerprint density at radius 1 is 0.889 bits per heavy atom. The highest BCUT2D eigenvalue weighted by Crippen LogP contribution is 2.25. The van der Waals surface area contributed by atoms with Crippen LogP contribution in [-0.4, -0.2) is 28.8 Å². The normalized spacial score (nSPS) is 14.4. The highest BCUT2D eigenvalue weighted by Gasteiger charge is 2.32. The van der Waals surface area contributed by atoms with Gasteiger partial charge in [-0.3, -0.25) is 9.59 Å². The van der Waals surface area contributed by atoms with Gasteiger partial charge < -0.3 is 10.2 Å². The largest absolute Gasteiger partial charge is 0.352 e. The highest BCUT2D eigenvalue weighted by molar-refractivity contribution is 6.42. The van der Waals surface area contributed by atoms with Crippen molar-refractivity contribution in [2.75, 3.05) is 0 Å². The molecule has 3 aromatic carbocycles. The molecule has 0 bridgehead atoms. The second-order valence-electron chi connectivity index (χ2n) is 9.27. The number of rotatable bonds is 9. The monoisotopic (exact) mass is 526 g/mol. The summed E-state index contributed by atoms with van der Waals surface area (Å²) in [7, 11) is 0. The summed E-state index contributed by atoms with van der Waals surface area (Å²) in [5.41, 5.74) is 2.40. The molecule has 0 aliphatic heterocycles. The molecule has 4 nitrogen and oxygen atoms in total. The number of amides is 2. The predicted molar refractivity (Wildman–Crippen MR) is 141 cm³/mol. The smallest absolute Gasteiger partial charge is 0.243 e. The first-order chi connectivity index (χ1) is 17.4. The van der Waals surface area contributed by atoms with Crippen molar-refractivity contribution in [2.45, 2.75) is 57.2 Å². The Kier molecular flexibility index (Phi) is 9.00. The fourth-order valence-electron chi connectivity index (χ4n) is 4.63. The van der Waals surface area contributed by atoms with Crippen LogP contribution in [0.15, 0.2) is 72.8 Å². The Labute approximate surface area is 221 Å². The minimum absolute atomic E-state index is 0.0452. The van der Waals surface area contributed by atoms with Gasteiger partial charge in [0.25, 0.3) is 0 Å². The van der Waals surface area contributed by atoms with Gasteiger partial charge in [-0.15, -0.1) is 0 Å². The molecule has 0 radical (unpaired) electrons. The van der Waals surface area contributed by atoms with Gasteiger partial charge in [-0.1, -0.05) is 84.6 Å². The van der Waals surface area contributed by atoms with E-state index in [1.165, 1.54) is 12.1 Å². The Morgan fingerprint density at radius 2 is 1.56 bits per heavy atom. The van der Waals surface area contributed by atoms with Crippen molar-refractivity contribution < 1.29 is 14.0 Å². The maximum atomic E-state index is 13.7. The quantitative estimate of drug-likeness (QED) is 0.352. The molecule has 2 amide bonds. The summed E-state index contributed by atoms with van der Waals surface area (Å²) in [6, 6.07) is 20.1. The molecule has 1 N–H and O–H groups in total. The highest BCUT2D eigenvalue weighted by atomic mass is 35.5. The molecule has 1 atom stereocenters. The second-order valence-corrected chi connectivity index (χ2v) is 10.1. The molecule has 4 rings (SSSR count). The van der Waals surface area contributed by atoms with Crippen LogP contribution in [-0.2, 0) is 29.0 Å². The number of hydrogen-bond acceptors (Lipinski definition) is 2. The van der Waals surface area contributed by atoms with Crippen LogP contribution in [0.3, 0.4) is 0 Å². The van der Waals surface area contributed by atoms with Crippen molar-refractivity contribution in [2.24, 2.45) is 0 Å². The molecule has 3 aromatic rings. The first-order valence-electron chi connectivity index (χ1n) is 12.2. The van der Waals surface area contributed by atoms with Gasteiger partial charge in [0.05, 0.1) is 16.5 Å². The minimum Gasteiger partial charge on any atom is -0.352 e. The SMILES string of the molecule is O=C(NC1CCCC1)[C@H](Cc1ccccc1)N(Cc1ccc(Cl)c(Cl)c1)C(=O)Cc1ccc(F)cc1. The third-order valence-corrected chi connectivity index (χ3v) is 7.32. The summed E-state index contributed by atoms with van der Waals surface area (Å²) < 4.78 is 13.4. The molecular weight excluding hydrogens is 498 g/mol. The molecule has 36 heavy (non-hydrogen) atoms. The van der Waals surface area contributed by atoms with Crippen LogP contribution < -0.4 is 5.32 Å². The van der Waals surface area contributed by atoms with Gasteiger partial charge >= 0.3 is 0 Å². The van der Waals surface area contributed by atoms with Crippen molar-refractivity contribution in [1.82, 2.24) is 10.2 Å². The van der Waals surface area contributed by atoms with E-state index in [1.54, 1.807) is 35.2 Å². The molecule has 0 heterocycles. The van der Waals surface area contributed by atoms with E-state index in [0.717, 1.165) is 36.8 Å². The van der Waals surface area contributed by atoms with E-state index in [0.29, 0.717) is 22.0 Å². The van der Waals surface area contributed by atoms with E-state index in [4.69, 9.17) is 23.2 Å². The van der Waals surface area contributed by atoms with Gasteiger partial charge in [0.1, 0.15) is 11.9 Å². The zero-order valence-corrected chi connectivity index (χ0v) is 21.4. The number of nitrogens with zero attached hydrogens (tertiary/aromatic N) is 1. The fraction of sp³-hybridized carbons (Fsp3) is 0.310. The van der Waals surface area contributed by atoms with Crippen LogP contribution in [0.25, 0.3) is 0 Å². The van der Waals surface area contributed by atoms with Crippen LogP contribution in [0.2, 0.25) is 10.0 Å². The number of benzene rings is 3. The summed E-state index contributed by atoms with van der Waals surface area (Å²) >= 11 is 12.4. The molecule has 0 unspecified atom stereocenters. The Hall–Kier alpha value is -2.89. The van der Waals surface area contributed by atoms with Gasteiger partial charge in [0.2, 0.25) is 11.8 Å². The summed E-state index contributed by atoms with van der Waals surface area (Å²) in [5.74, 6) is -0.759. The summed E-state index contributed by atoms with van der Waals surface area (Å²) in [4.78, 5) is 29.0. The average molecular weight is 527 g/mol. The molecule has 0 aromatic heterocycles. The van der Waals surface area contributed by atoms with Gasteiger partial charge in [-0.05, 0) is 53.8 Å². The van der Waals surface area contributed by atoms with Crippen molar-refractivity contribution in [3.05, 3.63) is 105 Å². The summed E-state index contributed by atoms with van der Waals surface area (Å²) in [6.45, 7) is 0.187. The molecular formula is C29H29Cl2FN2O2. The van der Waals surface area contributed by atoms with Crippen LogP contribution in [0.5, 0.6) is 0 Å². The number of carbonyl (C=O) groups is 2. The van der Waals surface area contributed by atoms with Crippen LogP contribution >= 0.6 is 23.2 Å². The van der Waals surface area contributed by atoms with Crippen molar-refractivity contribution in [3.8, 4) is 0 Å². The number of halogens is 3. The van der Waals surface area contributed by atoms with Crippen LogP contribution in [0.4, 0.5) is 4.39 Å². The van der Waals surface area contributed by atoms with Gasteiger partial charge in [-0.2, -0.15) is 0 Å². The lowest BCUT2D eigenvalue weighted by Gasteiger charge is -2.32. The molecule has 188 valence electrons. The fourth-order valence-corrected chi connectivity index (χ4v) is 4.96. The van der Waals surface area contributed by atoms with E-state index in [-0.39, 0.29) is 36.6 Å². The van der Waals surface area contributed by atoms with E-state index in [9.17, 15) is 14.0 Å². The minimum atomic E-state index is -0.726.